The van der Waals surface area contributed by atoms with Crippen LogP contribution in [0.15, 0.2) is 29.2 Å². The third-order valence-corrected chi connectivity index (χ3v) is 5.64. The van der Waals surface area contributed by atoms with Gasteiger partial charge < -0.3 is 0 Å². The lowest BCUT2D eigenvalue weighted by Gasteiger charge is -2.29. The molecule has 0 amide bonds. The number of ketones is 1. The van der Waals surface area contributed by atoms with E-state index in [1.165, 1.54) is 29.6 Å². The SMILES string of the molecule is CN(C1CCC(=O)CC1)S(=O)(=O)c1cccc([N+](=O)[O-])c1. The molecule has 114 valence electrons. The molecule has 1 fully saturated rings. The molecule has 1 aliphatic carbocycles. The van der Waals surface area contributed by atoms with E-state index >= 15 is 0 Å². The third-order valence-electron chi connectivity index (χ3n) is 3.73. The lowest BCUT2D eigenvalue weighted by atomic mass is 9.95. The largest absolute Gasteiger partial charge is 0.300 e. The molecule has 0 radical (unpaired) electrons. The van der Waals surface area contributed by atoms with Gasteiger partial charge >= 0.3 is 0 Å². The third kappa shape index (κ3) is 3.27. The summed E-state index contributed by atoms with van der Waals surface area (Å²) in [7, 11) is -2.34. The predicted molar refractivity (Wildman–Crippen MR) is 75.3 cm³/mol. The van der Waals surface area contributed by atoms with Crippen LogP contribution in [0, 0.1) is 10.1 Å². The number of sulfonamides is 1. The first-order valence-electron chi connectivity index (χ1n) is 6.56. The molecule has 1 saturated carbocycles. The zero-order chi connectivity index (χ0) is 15.6. The van der Waals surface area contributed by atoms with Crippen LogP contribution in [-0.2, 0) is 14.8 Å². The molecule has 0 heterocycles. The highest BCUT2D eigenvalue weighted by molar-refractivity contribution is 7.89. The van der Waals surface area contributed by atoms with Crippen molar-refractivity contribution in [3.05, 3.63) is 34.4 Å². The number of rotatable bonds is 4. The first-order chi connectivity index (χ1) is 9.82. The maximum absolute atomic E-state index is 12.5. The van der Waals surface area contributed by atoms with E-state index in [4.69, 9.17) is 0 Å². The van der Waals surface area contributed by atoms with E-state index in [-0.39, 0.29) is 22.4 Å². The van der Waals surface area contributed by atoms with Crippen molar-refractivity contribution in [1.29, 1.82) is 0 Å². The lowest BCUT2D eigenvalue weighted by Crippen LogP contribution is -2.39. The van der Waals surface area contributed by atoms with E-state index in [1.807, 2.05) is 0 Å². The number of nitrogens with zero attached hydrogens (tertiary/aromatic N) is 2. The van der Waals surface area contributed by atoms with E-state index in [2.05, 4.69) is 0 Å². The summed E-state index contributed by atoms with van der Waals surface area (Å²) < 4.78 is 26.2. The molecule has 1 aromatic rings. The number of nitro groups is 1. The molecule has 2 rings (SSSR count). The van der Waals surface area contributed by atoms with Crippen LogP contribution in [0.4, 0.5) is 5.69 Å². The van der Waals surface area contributed by atoms with Crippen molar-refractivity contribution in [1.82, 2.24) is 4.31 Å². The van der Waals surface area contributed by atoms with Gasteiger partial charge in [0, 0.05) is 38.1 Å². The van der Waals surface area contributed by atoms with Gasteiger partial charge in [0.2, 0.25) is 10.0 Å². The van der Waals surface area contributed by atoms with Gasteiger partial charge in [-0.15, -0.1) is 0 Å². The highest BCUT2D eigenvalue weighted by Crippen LogP contribution is 2.26. The van der Waals surface area contributed by atoms with Crippen LogP contribution in [0.5, 0.6) is 0 Å². The molecule has 7 nitrogen and oxygen atoms in total. The Morgan fingerprint density at radius 3 is 2.48 bits per heavy atom. The molecule has 1 aromatic carbocycles. The molecule has 0 saturated heterocycles. The Balaban J connectivity index is 2.26. The number of nitro benzene ring substituents is 1. The number of carbonyl (C=O) groups is 1. The fourth-order valence-corrected chi connectivity index (χ4v) is 3.86. The van der Waals surface area contributed by atoms with Gasteiger partial charge in [0.1, 0.15) is 5.78 Å². The molecule has 0 N–H and O–H groups in total. The molecular weight excluding hydrogens is 296 g/mol. The topological polar surface area (TPSA) is 97.6 Å². The van der Waals surface area contributed by atoms with Gasteiger partial charge in [-0.3, -0.25) is 14.9 Å². The number of carbonyl (C=O) groups excluding carboxylic acids is 1. The van der Waals surface area contributed by atoms with Crippen molar-refractivity contribution in [2.75, 3.05) is 7.05 Å². The summed E-state index contributed by atoms with van der Waals surface area (Å²) in [6, 6.07) is 4.75. The Kier molecular flexibility index (Phi) is 4.38. The summed E-state index contributed by atoms with van der Waals surface area (Å²) in [5, 5.41) is 10.7. The quantitative estimate of drug-likeness (QED) is 0.623. The second-order valence-corrected chi connectivity index (χ2v) is 7.04. The monoisotopic (exact) mass is 312 g/mol. The molecule has 8 heteroatoms. The van der Waals surface area contributed by atoms with Crippen molar-refractivity contribution in [3.8, 4) is 0 Å². The van der Waals surface area contributed by atoms with E-state index in [0.29, 0.717) is 25.7 Å². The summed E-state index contributed by atoms with van der Waals surface area (Å²) in [4.78, 5) is 21.2. The first-order valence-corrected chi connectivity index (χ1v) is 8.00. The number of benzene rings is 1. The normalized spacial score (nSPS) is 17.1. The van der Waals surface area contributed by atoms with Crippen LogP contribution in [0.1, 0.15) is 25.7 Å². The van der Waals surface area contributed by atoms with E-state index in [0.717, 1.165) is 6.07 Å². The summed E-state index contributed by atoms with van der Waals surface area (Å²) in [6.45, 7) is 0. The maximum Gasteiger partial charge on any atom is 0.270 e. The van der Waals surface area contributed by atoms with E-state index < -0.39 is 14.9 Å². The minimum Gasteiger partial charge on any atom is -0.300 e. The fourth-order valence-electron chi connectivity index (χ4n) is 2.41. The molecule has 0 unspecified atom stereocenters. The molecule has 0 spiro atoms. The second kappa shape index (κ2) is 5.90. The van der Waals surface area contributed by atoms with Crippen LogP contribution in [-0.4, -0.2) is 36.5 Å². The lowest BCUT2D eigenvalue weighted by molar-refractivity contribution is -0.385. The Bertz CT molecular complexity index is 661. The zero-order valence-electron chi connectivity index (χ0n) is 11.6. The van der Waals surface area contributed by atoms with Crippen LogP contribution >= 0.6 is 0 Å². The summed E-state index contributed by atoms with van der Waals surface area (Å²) in [5.41, 5.74) is -0.261. The van der Waals surface area contributed by atoms with Crippen molar-refractivity contribution in [2.24, 2.45) is 0 Å². The Hall–Kier alpha value is -1.80. The smallest absolute Gasteiger partial charge is 0.270 e. The zero-order valence-corrected chi connectivity index (χ0v) is 12.4. The van der Waals surface area contributed by atoms with Gasteiger partial charge in [-0.2, -0.15) is 4.31 Å². The van der Waals surface area contributed by atoms with Crippen molar-refractivity contribution in [3.63, 3.8) is 0 Å². The van der Waals surface area contributed by atoms with E-state index in [1.54, 1.807) is 0 Å². The number of non-ortho nitro benzene ring substituents is 1. The molecule has 21 heavy (non-hydrogen) atoms. The first kappa shape index (κ1) is 15.6. The van der Waals surface area contributed by atoms with Crippen LogP contribution in [0.3, 0.4) is 0 Å². The van der Waals surface area contributed by atoms with Crippen molar-refractivity contribution >= 4 is 21.5 Å². The number of hydrogen-bond donors (Lipinski definition) is 0. The standard InChI is InChI=1S/C13H16N2O5S/c1-14(10-5-7-12(16)8-6-10)21(19,20)13-4-2-3-11(9-13)15(17)18/h2-4,9-10H,5-8H2,1H3. The van der Waals surface area contributed by atoms with Crippen molar-refractivity contribution in [2.45, 2.75) is 36.6 Å². The fraction of sp³-hybridized carbons (Fsp3) is 0.462. The predicted octanol–water partition coefficient (Wildman–Crippen LogP) is 1.73. The van der Waals surface area contributed by atoms with Gasteiger partial charge in [0.15, 0.2) is 0 Å². The molecular formula is C13H16N2O5S. The summed E-state index contributed by atoms with van der Waals surface area (Å²) >= 11 is 0. The van der Waals surface area contributed by atoms with Crippen LogP contribution in [0.25, 0.3) is 0 Å². The summed E-state index contributed by atoms with van der Waals surface area (Å²) in [5.74, 6) is 0.146. The summed E-state index contributed by atoms with van der Waals surface area (Å²) in [6.07, 6.45) is 1.73. The highest BCUT2D eigenvalue weighted by atomic mass is 32.2. The van der Waals surface area contributed by atoms with Gasteiger partial charge in [-0.1, -0.05) is 6.07 Å². The highest BCUT2D eigenvalue weighted by Gasteiger charge is 2.31. The Morgan fingerprint density at radius 2 is 1.90 bits per heavy atom. The molecule has 0 aliphatic heterocycles. The average molecular weight is 312 g/mol. The van der Waals surface area contributed by atoms with Gasteiger partial charge in [-0.05, 0) is 18.9 Å². The minimum atomic E-state index is -3.79. The number of hydrogen-bond acceptors (Lipinski definition) is 5. The Labute approximate surface area is 122 Å². The van der Waals surface area contributed by atoms with Gasteiger partial charge in [-0.25, -0.2) is 8.42 Å². The number of Topliss-reactive ketones (excluding diaryl/α,β-unsaturated/α-hetero) is 1. The van der Waals surface area contributed by atoms with Crippen molar-refractivity contribution < 1.29 is 18.1 Å². The van der Waals surface area contributed by atoms with Crippen LogP contribution in [0.2, 0.25) is 0 Å². The average Bonchev–Trinajstić information content (AvgIpc) is 2.47. The second-order valence-electron chi connectivity index (χ2n) is 5.05. The van der Waals surface area contributed by atoms with E-state index in [9.17, 15) is 23.3 Å². The van der Waals surface area contributed by atoms with Gasteiger partial charge in [0.25, 0.3) is 5.69 Å². The molecule has 0 bridgehead atoms. The Morgan fingerprint density at radius 1 is 1.29 bits per heavy atom. The van der Waals surface area contributed by atoms with Gasteiger partial charge in [0.05, 0.1) is 9.82 Å². The molecule has 1 aliphatic rings. The molecule has 0 aromatic heterocycles. The maximum atomic E-state index is 12.5. The molecule has 0 atom stereocenters. The van der Waals surface area contributed by atoms with Crippen LogP contribution < -0.4 is 0 Å². The minimum absolute atomic E-state index is 0.101.